The van der Waals surface area contributed by atoms with Crippen LogP contribution in [0.25, 0.3) is 0 Å². The van der Waals surface area contributed by atoms with Gasteiger partial charge in [-0.1, -0.05) is 48.6 Å². The summed E-state index contributed by atoms with van der Waals surface area (Å²) in [6.07, 6.45) is 26.9. The highest BCUT2D eigenvalue weighted by molar-refractivity contribution is 6.43. The minimum Gasteiger partial charge on any atom is -0.445 e. The van der Waals surface area contributed by atoms with Gasteiger partial charge in [-0.15, -0.1) is 0 Å². The smallest absolute Gasteiger partial charge is 0.245 e. The number of rotatable bonds is 5. The first-order chi connectivity index (χ1) is 11.8. The van der Waals surface area contributed by atoms with Crippen LogP contribution in [0.4, 0.5) is 0 Å². The van der Waals surface area contributed by atoms with Gasteiger partial charge in [0.25, 0.3) is 0 Å². The van der Waals surface area contributed by atoms with Crippen molar-refractivity contribution in [2.45, 2.75) is 33.1 Å². The summed E-state index contributed by atoms with van der Waals surface area (Å²) >= 11 is 0. The third-order valence-electron chi connectivity index (χ3n) is 3.46. The molecule has 0 atom stereocenters. The van der Waals surface area contributed by atoms with Gasteiger partial charge >= 0.3 is 0 Å². The Morgan fingerprint density at radius 2 is 2.08 bits per heavy atom. The average molecular weight is 320 g/mol. The Balaban J connectivity index is 2.04. The predicted octanol–water partition coefficient (Wildman–Crippen LogP) is 5.59. The molecule has 0 unspecified atom stereocenters. The summed E-state index contributed by atoms with van der Waals surface area (Å²) in [5, 5.41) is 0. The maximum atomic E-state index is 5.72. The van der Waals surface area contributed by atoms with Crippen LogP contribution in [-0.2, 0) is 4.74 Å². The summed E-state index contributed by atoms with van der Waals surface area (Å²) < 4.78 is 5.72. The molecule has 2 rings (SSSR count). The Kier molecular flexibility index (Phi) is 7.48. The highest BCUT2D eigenvalue weighted by Crippen LogP contribution is 2.10. The first kappa shape index (κ1) is 17.7. The van der Waals surface area contributed by atoms with Gasteiger partial charge in [-0.05, 0) is 50.8 Å². The number of ether oxygens (including phenoxy) is 1. The number of hydrogen-bond donors (Lipinski definition) is 0. The lowest BCUT2D eigenvalue weighted by Crippen LogP contribution is -2.13. The van der Waals surface area contributed by atoms with E-state index in [2.05, 4.69) is 34.3 Å². The van der Waals surface area contributed by atoms with E-state index in [4.69, 9.17) is 4.74 Å². The third kappa shape index (κ3) is 6.21. The van der Waals surface area contributed by atoms with E-state index in [1.165, 1.54) is 5.57 Å². The normalized spacial score (nSPS) is 18.9. The van der Waals surface area contributed by atoms with E-state index in [0.717, 1.165) is 30.7 Å². The van der Waals surface area contributed by atoms with Crippen LogP contribution in [0.1, 0.15) is 33.1 Å². The van der Waals surface area contributed by atoms with Gasteiger partial charge in [0.1, 0.15) is 5.71 Å². The zero-order valence-corrected chi connectivity index (χ0v) is 14.4. The van der Waals surface area contributed by atoms with Gasteiger partial charge in [-0.3, -0.25) is 4.99 Å². The van der Waals surface area contributed by atoms with Crippen molar-refractivity contribution in [2.24, 2.45) is 9.98 Å². The van der Waals surface area contributed by atoms with E-state index < -0.39 is 0 Å². The lowest BCUT2D eigenvalue weighted by atomic mass is 10.1. The molecule has 0 amide bonds. The van der Waals surface area contributed by atoms with Gasteiger partial charge in [-0.2, -0.15) is 0 Å². The second-order valence-electron chi connectivity index (χ2n) is 5.37. The quantitative estimate of drug-likeness (QED) is 0.281. The van der Waals surface area contributed by atoms with Crippen molar-refractivity contribution in [3.8, 4) is 0 Å². The lowest BCUT2D eigenvalue weighted by Gasteiger charge is -2.05. The zero-order chi connectivity index (χ0) is 17.0. The summed E-state index contributed by atoms with van der Waals surface area (Å²) in [6, 6.07) is 0. The first-order valence-corrected chi connectivity index (χ1v) is 8.27. The van der Waals surface area contributed by atoms with Crippen molar-refractivity contribution in [1.29, 1.82) is 0 Å². The van der Waals surface area contributed by atoms with Crippen molar-refractivity contribution in [2.75, 3.05) is 0 Å². The highest BCUT2D eigenvalue weighted by Gasteiger charge is 2.07. The van der Waals surface area contributed by atoms with Gasteiger partial charge < -0.3 is 4.74 Å². The van der Waals surface area contributed by atoms with Crippen LogP contribution in [0.5, 0.6) is 0 Å². The van der Waals surface area contributed by atoms with E-state index in [1.54, 1.807) is 12.5 Å². The van der Waals surface area contributed by atoms with Crippen LogP contribution in [-0.4, -0.2) is 11.6 Å². The summed E-state index contributed by atoms with van der Waals surface area (Å²) in [5.41, 5.74) is 2.83. The molecule has 1 aliphatic heterocycles. The van der Waals surface area contributed by atoms with Gasteiger partial charge in [0, 0.05) is 11.9 Å². The molecule has 0 spiro atoms. The molecule has 0 aromatic rings. The first-order valence-electron chi connectivity index (χ1n) is 8.27. The average Bonchev–Trinajstić information content (AvgIpc) is 2.90. The Morgan fingerprint density at radius 3 is 2.88 bits per heavy atom. The summed E-state index contributed by atoms with van der Waals surface area (Å²) in [5.74, 6) is 0.495. The topological polar surface area (TPSA) is 34.0 Å². The monoisotopic (exact) mass is 320 g/mol. The second kappa shape index (κ2) is 10.2. The Morgan fingerprint density at radius 1 is 1.17 bits per heavy atom. The molecule has 0 radical (unpaired) electrons. The molecule has 2 aliphatic rings. The third-order valence-corrected chi connectivity index (χ3v) is 3.46. The van der Waals surface area contributed by atoms with Crippen LogP contribution >= 0.6 is 0 Å². The summed E-state index contributed by atoms with van der Waals surface area (Å²) in [6.45, 7) is 3.89. The molecule has 1 aliphatic carbocycles. The molecule has 24 heavy (non-hydrogen) atoms. The lowest BCUT2D eigenvalue weighted by molar-refractivity contribution is 0.480. The van der Waals surface area contributed by atoms with E-state index in [-0.39, 0.29) is 0 Å². The predicted molar refractivity (Wildman–Crippen MR) is 103 cm³/mol. The van der Waals surface area contributed by atoms with Crippen LogP contribution < -0.4 is 0 Å². The minimum absolute atomic E-state index is 0.495. The van der Waals surface area contributed by atoms with Crippen LogP contribution in [0, 0.1) is 0 Å². The molecule has 0 saturated carbocycles. The van der Waals surface area contributed by atoms with Crippen LogP contribution in [0.15, 0.2) is 94.5 Å². The highest BCUT2D eigenvalue weighted by atomic mass is 16.5. The Bertz CT molecular complexity index is 695. The van der Waals surface area contributed by atoms with Crippen molar-refractivity contribution >= 4 is 11.6 Å². The van der Waals surface area contributed by atoms with Gasteiger partial charge in [0.05, 0.1) is 6.26 Å². The minimum atomic E-state index is 0.495. The molecule has 0 saturated heterocycles. The fourth-order valence-corrected chi connectivity index (χ4v) is 2.06. The number of aliphatic imine (C=N–C) groups is 2. The standard InChI is InChI=1S/C21H24N2O/c1-3-18(2)23-21(20-15-8-5-10-16-22-20)24-17-11-9-14-19-12-6-4-7-13-19/h3,6,8-17H,4-5,7H2,1-2H3/b14-9+,17-11+,18-3+,23-21?. The molecular formula is C21H24N2O. The number of hydrogen-bond acceptors (Lipinski definition) is 3. The fraction of sp³-hybridized carbons (Fsp3) is 0.238. The Labute approximate surface area is 144 Å². The van der Waals surface area contributed by atoms with Crippen molar-refractivity contribution in [3.63, 3.8) is 0 Å². The molecule has 0 aromatic heterocycles. The van der Waals surface area contributed by atoms with Crippen LogP contribution in [0.2, 0.25) is 0 Å². The molecule has 3 heteroatoms. The van der Waals surface area contributed by atoms with Gasteiger partial charge in [-0.25, -0.2) is 4.99 Å². The van der Waals surface area contributed by atoms with Gasteiger partial charge in [0.2, 0.25) is 5.90 Å². The molecule has 124 valence electrons. The van der Waals surface area contributed by atoms with E-state index >= 15 is 0 Å². The summed E-state index contributed by atoms with van der Waals surface area (Å²) in [4.78, 5) is 8.87. The largest absolute Gasteiger partial charge is 0.445 e. The molecular weight excluding hydrogens is 296 g/mol. The van der Waals surface area contributed by atoms with Crippen molar-refractivity contribution < 1.29 is 4.74 Å². The molecule has 0 bridgehead atoms. The number of nitrogens with zero attached hydrogens (tertiary/aromatic N) is 2. The van der Waals surface area contributed by atoms with E-state index in [9.17, 15) is 0 Å². The molecule has 0 aromatic carbocycles. The summed E-state index contributed by atoms with van der Waals surface area (Å²) in [7, 11) is 0. The van der Waals surface area contributed by atoms with Crippen molar-refractivity contribution in [1.82, 2.24) is 0 Å². The molecule has 1 heterocycles. The van der Waals surface area contributed by atoms with Crippen LogP contribution in [0.3, 0.4) is 0 Å². The van der Waals surface area contributed by atoms with Crippen molar-refractivity contribution in [3.05, 3.63) is 84.5 Å². The molecule has 0 fully saturated rings. The maximum Gasteiger partial charge on any atom is 0.245 e. The molecule has 3 nitrogen and oxygen atoms in total. The number of allylic oxidation sites excluding steroid dienone is 11. The van der Waals surface area contributed by atoms with E-state index in [1.807, 2.05) is 50.3 Å². The SMILES string of the molecule is C/C=C(\C)N=C(O/C=C/C=C/C1=CCCC=C1)C1=NC=CCC=C1. The van der Waals surface area contributed by atoms with E-state index in [0.29, 0.717) is 5.90 Å². The van der Waals surface area contributed by atoms with Gasteiger partial charge in [0.15, 0.2) is 0 Å². The Hall–Kier alpha value is -2.68. The molecule has 0 N–H and O–H groups in total. The maximum absolute atomic E-state index is 5.72. The second-order valence-corrected chi connectivity index (χ2v) is 5.37. The fourth-order valence-electron chi connectivity index (χ4n) is 2.06. The zero-order valence-electron chi connectivity index (χ0n) is 14.4.